The van der Waals surface area contributed by atoms with Crippen LogP contribution >= 0.6 is 0 Å². The molecule has 3 rings (SSSR count). The van der Waals surface area contributed by atoms with E-state index in [-0.39, 0.29) is 16.9 Å². The van der Waals surface area contributed by atoms with Crippen molar-refractivity contribution in [3.05, 3.63) is 88.3 Å². The molecule has 0 amide bonds. The molecule has 0 aliphatic rings. The van der Waals surface area contributed by atoms with Crippen LogP contribution in [0.15, 0.2) is 71.5 Å². The lowest BCUT2D eigenvalue weighted by molar-refractivity contribution is 0.101. The van der Waals surface area contributed by atoms with Crippen LogP contribution in [0.4, 0.5) is 0 Å². The van der Waals surface area contributed by atoms with Gasteiger partial charge in [-0.15, -0.1) is 0 Å². The van der Waals surface area contributed by atoms with Gasteiger partial charge in [-0.2, -0.15) is 0 Å². The highest BCUT2D eigenvalue weighted by atomic mass is 16.1. The first-order chi connectivity index (χ1) is 11.1. The van der Waals surface area contributed by atoms with Crippen LogP contribution in [0, 0.1) is 6.92 Å². The Hall–Kier alpha value is -2.94. The summed E-state index contributed by atoms with van der Waals surface area (Å²) in [6.45, 7) is 3.32. The topological polar surface area (TPSA) is 39.1 Å². The van der Waals surface area contributed by atoms with E-state index in [4.69, 9.17) is 0 Å². The molecule has 0 bridgehead atoms. The highest BCUT2D eigenvalue weighted by molar-refractivity contribution is 6.00. The summed E-state index contributed by atoms with van der Waals surface area (Å²) in [7, 11) is 0. The zero-order valence-electron chi connectivity index (χ0n) is 13.1. The number of hydrogen-bond acceptors (Lipinski definition) is 2. The third kappa shape index (κ3) is 2.73. The highest BCUT2D eigenvalue weighted by Crippen LogP contribution is 2.24. The monoisotopic (exact) mass is 303 g/mol. The van der Waals surface area contributed by atoms with Crippen LogP contribution in [0.5, 0.6) is 0 Å². The van der Waals surface area contributed by atoms with Gasteiger partial charge in [0.2, 0.25) is 0 Å². The number of rotatable bonds is 3. The largest absolute Gasteiger partial charge is 0.294 e. The normalized spacial score (nSPS) is 10.5. The predicted molar refractivity (Wildman–Crippen MR) is 92.2 cm³/mol. The zero-order valence-corrected chi connectivity index (χ0v) is 13.1. The third-order valence-electron chi connectivity index (χ3n) is 3.84. The van der Waals surface area contributed by atoms with E-state index < -0.39 is 0 Å². The second-order valence-electron chi connectivity index (χ2n) is 5.47. The van der Waals surface area contributed by atoms with E-state index in [9.17, 15) is 9.59 Å². The molecule has 0 aliphatic heterocycles. The molecule has 23 heavy (non-hydrogen) atoms. The molecule has 0 saturated heterocycles. The van der Waals surface area contributed by atoms with Crippen molar-refractivity contribution in [1.29, 1.82) is 0 Å². The SMILES string of the molecule is CC(=O)c1c(-c2ccccc2)cc(C)n(-c2ccccc2)c1=O. The molecule has 1 heterocycles. The average molecular weight is 303 g/mol. The van der Waals surface area contributed by atoms with Crippen LogP contribution in [0.3, 0.4) is 0 Å². The lowest BCUT2D eigenvalue weighted by atomic mass is 9.98. The lowest BCUT2D eigenvalue weighted by Crippen LogP contribution is -2.27. The maximum absolute atomic E-state index is 13.0. The molecule has 3 aromatic rings. The van der Waals surface area contributed by atoms with E-state index in [2.05, 4.69) is 0 Å². The van der Waals surface area contributed by atoms with Crippen LogP contribution in [-0.2, 0) is 0 Å². The number of carbonyl (C=O) groups excluding carboxylic acids is 1. The minimum Gasteiger partial charge on any atom is -0.294 e. The van der Waals surface area contributed by atoms with E-state index in [0.29, 0.717) is 5.56 Å². The molecule has 0 saturated carbocycles. The maximum atomic E-state index is 13.0. The van der Waals surface area contributed by atoms with Crippen LogP contribution < -0.4 is 5.56 Å². The fraction of sp³-hybridized carbons (Fsp3) is 0.100. The van der Waals surface area contributed by atoms with Crippen LogP contribution in [0.1, 0.15) is 23.0 Å². The van der Waals surface area contributed by atoms with E-state index in [1.165, 1.54) is 6.92 Å². The second-order valence-corrected chi connectivity index (χ2v) is 5.47. The number of aryl methyl sites for hydroxylation is 1. The van der Waals surface area contributed by atoms with Gasteiger partial charge in [0.15, 0.2) is 5.78 Å². The molecule has 0 unspecified atom stereocenters. The molecular weight excluding hydrogens is 286 g/mol. The van der Waals surface area contributed by atoms with Gasteiger partial charge in [0.25, 0.3) is 5.56 Å². The quantitative estimate of drug-likeness (QED) is 0.686. The molecule has 114 valence electrons. The van der Waals surface area contributed by atoms with Crippen molar-refractivity contribution in [2.45, 2.75) is 13.8 Å². The fourth-order valence-electron chi connectivity index (χ4n) is 2.82. The number of pyridine rings is 1. The number of aromatic nitrogens is 1. The Labute approximate surface area is 134 Å². The van der Waals surface area contributed by atoms with Crippen LogP contribution in [-0.4, -0.2) is 10.4 Å². The molecule has 0 radical (unpaired) electrons. The predicted octanol–water partition coefficient (Wildman–Crippen LogP) is 4.02. The molecule has 1 aromatic heterocycles. The van der Waals surface area contributed by atoms with Gasteiger partial charge in [0, 0.05) is 11.4 Å². The number of Topliss-reactive ketones (excluding diaryl/α,β-unsaturated/α-hetero) is 1. The standard InChI is InChI=1S/C20H17NO2/c1-14-13-18(16-9-5-3-6-10-16)19(15(2)22)20(23)21(14)17-11-7-4-8-12-17/h3-13H,1-2H3. The highest BCUT2D eigenvalue weighted by Gasteiger charge is 2.18. The molecule has 0 N–H and O–H groups in total. The van der Waals surface area contributed by atoms with Crippen molar-refractivity contribution >= 4 is 5.78 Å². The van der Waals surface area contributed by atoms with Crippen molar-refractivity contribution < 1.29 is 4.79 Å². The summed E-state index contributed by atoms with van der Waals surface area (Å²) in [5.41, 5.74) is 3.07. The van der Waals surface area contributed by atoms with Crippen molar-refractivity contribution in [2.24, 2.45) is 0 Å². The first-order valence-electron chi connectivity index (χ1n) is 7.48. The minimum atomic E-state index is -0.275. The van der Waals surface area contributed by atoms with E-state index in [1.54, 1.807) is 4.57 Å². The van der Waals surface area contributed by atoms with Crippen molar-refractivity contribution in [1.82, 2.24) is 4.57 Å². The summed E-state index contributed by atoms with van der Waals surface area (Å²) in [6, 6.07) is 20.8. The summed E-state index contributed by atoms with van der Waals surface area (Å²) in [5.74, 6) is -0.224. The zero-order chi connectivity index (χ0) is 16.4. The average Bonchev–Trinajstić information content (AvgIpc) is 2.55. The van der Waals surface area contributed by atoms with Gasteiger partial charge in [0.1, 0.15) is 0 Å². The number of benzene rings is 2. The van der Waals surface area contributed by atoms with Gasteiger partial charge in [-0.25, -0.2) is 0 Å². The Bertz CT molecular complexity index is 910. The van der Waals surface area contributed by atoms with Gasteiger partial charge >= 0.3 is 0 Å². The maximum Gasteiger partial charge on any atom is 0.266 e. The molecule has 0 spiro atoms. The molecule has 3 heteroatoms. The summed E-state index contributed by atoms with van der Waals surface area (Å²) in [4.78, 5) is 25.1. The lowest BCUT2D eigenvalue weighted by Gasteiger charge is -2.15. The van der Waals surface area contributed by atoms with E-state index in [0.717, 1.165) is 16.9 Å². The van der Waals surface area contributed by atoms with Crippen molar-refractivity contribution in [3.63, 3.8) is 0 Å². The summed E-state index contributed by atoms with van der Waals surface area (Å²) in [5, 5.41) is 0. The Morgan fingerprint density at radius 1 is 0.913 bits per heavy atom. The van der Waals surface area contributed by atoms with E-state index >= 15 is 0 Å². The molecule has 0 fully saturated rings. The van der Waals surface area contributed by atoms with Gasteiger partial charge in [0.05, 0.1) is 5.56 Å². The Morgan fingerprint density at radius 2 is 1.48 bits per heavy atom. The molecular formula is C20H17NO2. The number of hydrogen-bond donors (Lipinski definition) is 0. The van der Waals surface area contributed by atoms with Crippen molar-refractivity contribution in [2.75, 3.05) is 0 Å². The van der Waals surface area contributed by atoms with Crippen molar-refractivity contribution in [3.8, 4) is 16.8 Å². The van der Waals surface area contributed by atoms with Gasteiger partial charge in [-0.1, -0.05) is 48.5 Å². The minimum absolute atomic E-state index is 0.224. The Balaban J connectivity index is 2.34. The number of ketones is 1. The first-order valence-corrected chi connectivity index (χ1v) is 7.48. The Morgan fingerprint density at radius 3 is 2.04 bits per heavy atom. The first kappa shape index (κ1) is 15.0. The van der Waals surface area contributed by atoms with Gasteiger partial charge in [-0.05, 0) is 43.2 Å². The number of para-hydroxylation sites is 1. The van der Waals surface area contributed by atoms with Crippen LogP contribution in [0.25, 0.3) is 16.8 Å². The number of nitrogens with zero attached hydrogens (tertiary/aromatic N) is 1. The Kier molecular flexibility index (Phi) is 3.94. The van der Waals surface area contributed by atoms with E-state index in [1.807, 2.05) is 73.7 Å². The summed E-state index contributed by atoms with van der Waals surface area (Å²) < 4.78 is 1.59. The summed E-state index contributed by atoms with van der Waals surface area (Å²) in [6.07, 6.45) is 0. The van der Waals surface area contributed by atoms with Gasteiger partial charge in [-0.3, -0.25) is 14.2 Å². The van der Waals surface area contributed by atoms with Gasteiger partial charge < -0.3 is 0 Å². The molecule has 0 aliphatic carbocycles. The molecule has 0 atom stereocenters. The fourth-order valence-corrected chi connectivity index (χ4v) is 2.82. The smallest absolute Gasteiger partial charge is 0.266 e. The second kappa shape index (κ2) is 6.05. The van der Waals surface area contributed by atoms with Crippen LogP contribution in [0.2, 0.25) is 0 Å². The third-order valence-corrected chi connectivity index (χ3v) is 3.84. The molecule has 2 aromatic carbocycles. The summed E-state index contributed by atoms with van der Waals surface area (Å²) >= 11 is 0. The number of carbonyl (C=O) groups is 1. The molecule has 3 nitrogen and oxygen atoms in total.